The Morgan fingerprint density at radius 1 is 1.14 bits per heavy atom. The molecule has 1 aromatic carbocycles. The highest BCUT2D eigenvalue weighted by atomic mass is 16.5. The molecule has 0 aliphatic rings. The Hall–Kier alpha value is -1.95. The van der Waals surface area contributed by atoms with E-state index in [4.69, 9.17) is 4.74 Å². The van der Waals surface area contributed by atoms with Crippen molar-refractivity contribution < 1.29 is 19.7 Å². The van der Waals surface area contributed by atoms with E-state index in [2.05, 4.69) is 5.32 Å². The van der Waals surface area contributed by atoms with Gasteiger partial charge in [0.2, 0.25) is 0 Å². The average Bonchev–Trinajstić information content (AvgIpc) is 2.59. The second-order valence-corrected chi connectivity index (χ2v) is 8.93. The Balaban J connectivity index is 3.06. The fourth-order valence-corrected chi connectivity index (χ4v) is 3.89. The first kappa shape index (κ1) is 24.1. The number of nitrogens with zero attached hydrogens (tertiary/aromatic N) is 1. The van der Waals surface area contributed by atoms with Gasteiger partial charge in [-0.3, -0.25) is 4.90 Å². The first-order chi connectivity index (χ1) is 12.8. The zero-order valence-corrected chi connectivity index (χ0v) is 18.7. The summed E-state index contributed by atoms with van der Waals surface area (Å²) in [6.07, 6.45) is 0.883. The number of nitrogens with one attached hydrogen (secondary N) is 1. The average molecular weight is 395 g/mol. The van der Waals surface area contributed by atoms with Crippen LogP contribution in [-0.4, -0.2) is 45.9 Å². The van der Waals surface area contributed by atoms with Crippen LogP contribution in [0.4, 0.5) is 10.5 Å². The fraction of sp³-hybridized carbons (Fsp3) is 0.682. The largest absolute Gasteiger partial charge is 0.497 e. The second-order valence-electron chi connectivity index (χ2n) is 8.93. The van der Waals surface area contributed by atoms with E-state index in [1.807, 2.05) is 66.7 Å². The van der Waals surface area contributed by atoms with Crippen LogP contribution in [0.25, 0.3) is 0 Å². The number of rotatable bonds is 9. The Bertz CT molecular complexity index is 661. The fourth-order valence-electron chi connectivity index (χ4n) is 3.89. The minimum atomic E-state index is -0.940. The third-order valence-corrected chi connectivity index (χ3v) is 5.42. The number of carbonyl (C=O) groups is 1. The van der Waals surface area contributed by atoms with E-state index in [0.29, 0.717) is 31.6 Å². The molecule has 1 amide bonds. The highest BCUT2D eigenvalue weighted by molar-refractivity contribution is 5.67. The zero-order valence-electron chi connectivity index (χ0n) is 18.7. The summed E-state index contributed by atoms with van der Waals surface area (Å²) in [7, 11) is 1.61. The summed E-state index contributed by atoms with van der Waals surface area (Å²) in [5, 5.41) is 24.1. The minimum absolute atomic E-state index is 0.495. The third kappa shape index (κ3) is 5.53. The molecule has 160 valence electrons. The molecule has 6 heteroatoms. The van der Waals surface area contributed by atoms with Crippen LogP contribution in [0.3, 0.4) is 0 Å². The van der Waals surface area contributed by atoms with Crippen molar-refractivity contribution in [2.75, 3.05) is 19.0 Å². The Kier molecular flexibility index (Phi) is 7.77. The zero-order chi connectivity index (χ0) is 21.8. The minimum Gasteiger partial charge on any atom is -0.497 e. The predicted octanol–water partition coefficient (Wildman–Crippen LogP) is 5.06. The van der Waals surface area contributed by atoms with Crippen LogP contribution >= 0.6 is 0 Å². The highest BCUT2D eigenvalue weighted by Gasteiger charge is 2.38. The van der Waals surface area contributed by atoms with E-state index < -0.39 is 22.8 Å². The Morgan fingerprint density at radius 3 is 2.14 bits per heavy atom. The van der Waals surface area contributed by atoms with Crippen LogP contribution in [0.5, 0.6) is 5.75 Å². The topological polar surface area (TPSA) is 82.0 Å². The number of benzene rings is 1. The number of amides is 1. The summed E-state index contributed by atoms with van der Waals surface area (Å²) in [5.74, 6) is 0.700. The van der Waals surface area contributed by atoms with Gasteiger partial charge < -0.3 is 20.3 Å². The molecular formula is C22H38N2O4. The Morgan fingerprint density at radius 2 is 1.71 bits per heavy atom. The molecule has 0 aromatic heterocycles. The van der Waals surface area contributed by atoms with Gasteiger partial charge in [0.1, 0.15) is 5.75 Å². The van der Waals surface area contributed by atoms with Crippen molar-refractivity contribution in [3.8, 4) is 5.75 Å². The quantitative estimate of drug-likeness (QED) is 0.545. The molecule has 0 bridgehead atoms. The van der Waals surface area contributed by atoms with Crippen molar-refractivity contribution in [2.45, 2.75) is 84.4 Å². The predicted molar refractivity (Wildman–Crippen MR) is 114 cm³/mol. The summed E-state index contributed by atoms with van der Waals surface area (Å²) < 4.78 is 5.34. The summed E-state index contributed by atoms with van der Waals surface area (Å²) in [5.41, 5.74) is -0.327. The highest BCUT2D eigenvalue weighted by Crippen LogP contribution is 2.37. The molecular weight excluding hydrogens is 356 g/mol. The maximum atomic E-state index is 11.8. The molecule has 3 N–H and O–H groups in total. The van der Waals surface area contributed by atoms with Crippen LogP contribution in [0.2, 0.25) is 0 Å². The van der Waals surface area contributed by atoms with Crippen molar-refractivity contribution in [1.82, 2.24) is 4.90 Å². The van der Waals surface area contributed by atoms with Gasteiger partial charge in [0.25, 0.3) is 0 Å². The Labute approximate surface area is 169 Å². The maximum Gasteiger partial charge on any atom is 0.408 e. The molecule has 0 saturated carbocycles. The monoisotopic (exact) mass is 394 g/mol. The SMILES string of the molecule is CCC(O)(CC)c1cc(OC)ccc1NCCC(C)(C)N(C(=O)O)C(C)(C)C. The summed E-state index contributed by atoms with van der Waals surface area (Å²) in [6, 6.07) is 5.65. The van der Waals surface area contributed by atoms with E-state index in [9.17, 15) is 15.0 Å². The molecule has 0 spiro atoms. The van der Waals surface area contributed by atoms with Crippen molar-refractivity contribution in [2.24, 2.45) is 0 Å². The van der Waals surface area contributed by atoms with Gasteiger partial charge in [0.15, 0.2) is 0 Å². The molecule has 0 saturated heterocycles. The normalized spacial score (nSPS) is 12.6. The number of hydrogen-bond donors (Lipinski definition) is 3. The summed E-state index contributed by atoms with van der Waals surface area (Å²) in [4.78, 5) is 13.3. The molecule has 6 nitrogen and oxygen atoms in total. The summed E-state index contributed by atoms with van der Waals surface area (Å²) in [6.45, 7) is 14.1. The number of carboxylic acid groups (broad SMARTS) is 1. The third-order valence-electron chi connectivity index (χ3n) is 5.42. The first-order valence-electron chi connectivity index (χ1n) is 10.0. The first-order valence-corrected chi connectivity index (χ1v) is 10.0. The van der Waals surface area contributed by atoms with Crippen molar-refractivity contribution in [1.29, 1.82) is 0 Å². The molecule has 0 fully saturated rings. The number of anilines is 1. The molecule has 28 heavy (non-hydrogen) atoms. The molecule has 0 heterocycles. The smallest absolute Gasteiger partial charge is 0.408 e. The lowest BCUT2D eigenvalue weighted by Crippen LogP contribution is -2.57. The van der Waals surface area contributed by atoms with Gasteiger partial charge in [0, 0.05) is 28.9 Å². The van der Waals surface area contributed by atoms with E-state index in [0.717, 1.165) is 11.3 Å². The lowest BCUT2D eigenvalue weighted by Gasteiger charge is -2.45. The summed E-state index contributed by atoms with van der Waals surface area (Å²) >= 11 is 0. The number of methoxy groups -OCH3 is 1. The van der Waals surface area contributed by atoms with E-state index in [1.54, 1.807) is 7.11 Å². The van der Waals surface area contributed by atoms with Crippen LogP contribution in [0.1, 0.15) is 73.3 Å². The van der Waals surface area contributed by atoms with Crippen molar-refractivity contribution in [3.63, 3.8) is 0 Å². The van der Waals surface area contributed by atoms with Gasteiger partial charge in [-0.05, 0) is 72.1 Å². The van der Waals surface area contributed by atoms with Crippen LogP contribution < -0.4 is 10.1 Å². The lowest BCUT2D eigenvalue weighted by molar-refractivity contribution is 0.0288. The molecule has 0 radical (unpaired) electrons. The standard InChI is InChI=1S/C22H38N2O4/c1-9-22(27,10-2)17-15-16(28-8)11-12-18(17)23-14-13-21(6,7)24(19(25)26)20(3,4)5/h11-12,15,23,27H,9-10,13-14H2,1-8H3,(H,25,26). The molecule has 1 rings (SSSR count). The van der Waals surface area contributed by atoms with Gasteiger partial charge in [-0.25, -0.2) is 4.79 Å². The number of hydrogen-bond acceptors (Lipinski definition) is 4. The van der Waals surface area contributed by atoms with Crippen molar-refractivity contribution >= 4 is 11.8 Å². The molecule has 0 unspecified atom stereocenters. The van der Waals surface area contributed by atoms with Gasteiger partial charge in [-0.1, -0.05) is 13.8 Å². The maximum absolute atomic E-state index is 11.8. The molecule has 1 aromatic rings. The van der Waals surface area contributed by atoms with Crippen LogP contribution in [0.15, 0.2) is 18.2 Å². The van der Waals surface area contributed by atoms with E-state index in [1.165, 1.54) is 4.90 Å². The molecule has 0 aliphatic carbocycles. The van der Waals surface area contributed by atoms with Crippen LogP contribution in [-0.2, 0) is 5.60 Å². The van der Waals surface area contributed by atoms with Gasteiger partial charge in [-0.15, -0.1) is 0 Å². The van der Waals surface area contributed by atoms with Gasteiger partial charge >= 0.3 is 6.09 Å². The van der Waals surface area contributed by atoms with Gasteiger partial charge in [0.05, 0.1) is 12.7 Å². The van der Waals surface area contributed by atoms with E-state index in [-0.39, 0.29) is 0 Å². The lowest BCUT2D eigenvalue weighted by atomic mass is 9.87. The van der Waals surface area contributed by atoms with Crippen molar-refractivity contribution in [3.05, 3.63) is 23.8 Å². The number of ether oxygens (including phenoxy) is 1. The molecule has 0 aliphatic heterocycles. The second kappa shape index (κ2) is 9.03. The van der Waals surface area contributed by atoms with E-state index >= 15 is 0 Å². The molecule has 0 atom stereocenters. The van der Waals surface area contributed by atoms with Crippen LogP contribution in [0, 0.1) is 0 Å². The number of aliphatic hydroxyl groups is 1. The van der Waals surface area contributed by atoms with Gasteiger partial charge in [-0.2, -0.15) is 0 Å².